The summed E-state index contributed by atoms with van der Waals surface area (Å²) in [4.78, 5) is 38.8. The summed E-state index contributed by atoms with van der Waals surface area (Å²) in [5.74, 6) is -1.18. The number of carbonyl (C=O) groups excluding carboxylic acids is 3. The molecule has 2 atom stereocenters. The standard InChI is InChI=1S/C19H22N2O3/c1-4-9-20-12(2)10-16(13(20)3)17(22)11-21-18(23)14-7-5-6-8-15(14)19(21)24/h4-6,10,14-15H,1,7-9,11H2,2-3H3. The van der Waals surface area contributed by atoms with Crippen LogP contribution < -0.4 is 0 Å². The first kappa shape index (κ1) is 16.4. The average Bonchev–Trinajstić information content (AvgIpc) is 2.99. The molecule has 126 valence electrons. The lowest BCUT2D eigenvalue weighted by atomic mass is 9.85. The van der Waals surface area contributed by atoms with Gasteiger partial charge in [-0.2, -0.15) is 0 Å². The van der Waals surface area contributed by atoms with Crippen molar-refractivity contribution in [3.8, 4) is 0 Å². The summed E-state index contributed by atoms with van der Waals surface area (Å²) < 4.78 is 2.00. The van der Waals surface area contributed by atoms with Crippen LogP contribution in [0.4, 0.5) is 0 Å². The lowest BCUT2D eigenvalue weighted by Gasteiger charge is -2.14. The highest BCUT2D eigenvalue weighted by Crippen LogP contribution is 2.35. The highest BCUT2D eigenvalue weighted by molar-refractivity contribution is 6.10. The van der Waals surface area contributed by atoms with E-state index in [1.165, 1.54) is 0 Å². The van der Waals surface area contributed by atoms with Gasteiger partial charge >= 0.3 is 0 Å². The van der Waals surface area contributed by atoms with E-state index in [-0.39, 0.29) is 36.0 Å². The van der Waals surface area contributed by atoms with Crippen molar-refractivity contribution in [3.63, 3.8) is 0 Å². The van der Waals surface area contributed by atoms with E-state index in [1.807, 2.05) is 36.6 Å². The first-order chi connectivity index (χ1) is 11.5. The van der Waals surface area contributed by atoms with E-state index in [0.717, 1.165) is 16.3 Å². The second-order valence-electron chi connectivity index (χ2n) is 6.53. The van der Waals surface area contributed by atoms with Gasteiger partial charge in [0.15, 0.2) is 5.78 Å². The van der Waals surface area contributed by atoms with E-state index in [9.17, 15) is 14.4 Å². The highest BCUT2D eigenvalue weighted by atomic mass is 16.2. The number of rotatable bonds is 5. The number of Topliss-reactive ketones (excluding diaryl/α,β-unsaturated/α-hetero) is 1. The van der Waals surface area contributed by atoms with Gasteiger partial charge < -0.3 is 4.57 Å². The van der Waals surface area contributed by atoms with Crippen LogP contribution in [0.3, 0.4) is 0 Å². The molecule has 0 aromatic carbocycles. The molecule has 1 aliphatic heterocycles. The van der Waals surface area contributed by atoms with Crippen LogP contribution in [0.15, 0.2) is 30.9 Å². The third-order valence-corrected chi connectivity index (χ3v) is 5.09. The number of carbonyl (C=O) groups is 3. The third-order valence-electron chi connectivity index (χ3n) is 5.09. The highest BCUT2D eigenvalue weighted by Gasteiger charge is 2.47. The molecule has 0 saturated carbocycles. The lowest BCUT2D eigenvalue weighted by Crippen LogP contribution is -2.36. The van der Waals surface area contributed by atoms with Crippen LogP contribution in [0.25, 0.3) is 0 Å². The van der Waals surface area contributed by atoms with Gasteiger partial charge in [0.2, 0.25) is 11.8 Å². The molecule has 1 aromatic rings. The number of aromatic nitrogens is 1. The van der Waals surface area contributed by atoms with Gasteiger partial charge in [-0.05, 0) is 32.8 Å². The fourth-order valence-electron chi connectivity index (χ4n) is 3.75. The Morgan fingerprint density at radius 2 is 1.79 bits per heavy atom. The molecule has 0 N–H and O–H groups in total. The summed E-state index contributed by atoms with van der Waals surface area (Å²) in [7, 11) is 0. The molecule has 5 heteroatoms. The largest absolute Gasteiger partial charge is 0.345 e. The van der Waals surface area contributed by atoms with Crippen LogP contribution in [0.5, 0.6) is 0 Å². The minimum Gasteiger partial charge on any atom is -0.345 e. The minimum absolute atomic E-state index is 0.164. The topological polar surface area (TPSA) is 59.4 Å². The average molecular weight is 326 g/mol. The van der Waals surface area contributed by atoms with E-state index < -0.39 is 0 Å². The Morgan fingerprint density at radius 3 is 2.33 bits per heavy atom. The van der Waals surface area contributed by atoms with Gasteiger partial charge in [0.1, 0.15) is 0 Å². The van der Waals surface area contributed by atoms with Crippen LogP contribution in [0.2, 0.25) is 0 Å². The summed E-state index contributed by atoms with van der Waals surface area (Å²) in [6.07, 6.45) is 6.85. The number of hydrogen-bond donors (Lipinski definition) is 0. The number of imide groups is 1. The first-order valence-electron chi connectivity index (χ1n) is 8.26. The van der Waals surface area contributed by atoms with Crippen molar-refractivity contribution >= 4 is 17.6 Å². The van der Waals surface area contributed by atoms with Crippen molar-refractivity contribution in [2.45, 2.75) is 33.2 Å². The summed E-state index contributed by atoms with van der Waals surface area (Å²) in [5.41, 5.74) is 2.38. The Labute approximate surface area is 141 Å². The number of nitrogens with zero attached hydrogens (tertiary/aromatic N) is 2. The molecule has 2 heterocycles. The van der Waals surface area contributed by atoms with Gasteiger partial charge in [0, 0.05) is 23.5 Å². The molecule has 1 saturated heterocycles. The molecule has 2 unspecified atom stereocenters. The van der Waals surface area contributed by atoms with Crippen molar-refractivity contribution < 1.29 is 14.4 Å². The number of ketones is 1. The van der Waals surface area contributed by atoms with Crippen molar-refractivity contribution in [3.05, 3.63) is 47.8 Å². The van der Waals surface area contributed by atoms with E-state index in [2.05, 4.69) is 6.58 Å². The van der Waals surface area contributed by atoms with Crippen molar-refractivity contribution in [2.24, 2.45) is 11.8 Å². The second kappa shape index (κ2) is 6.23. The van der Waals surface area contributed by atoms with Gasteiger partial charge in [-0.1, -0.05) is 18.2 Å². The maximum atomic E-state index is 12.7. The lowest BCUT2D eigenvalue weighted by molar-refractivity contribution is -0.139. The van der Waals surface area contributed by atoms with E-state index in [1.54, 1.807) is 6.08 Å². The number of hydrogen-bond acceptors (Lipinski definition) is 3. The minimum atomic E-state index is -0.288. The smallest absolute Gasteiger partial charge is 0.233 e. The molecule has 0 radical (unpaired) electrons. The zero-order chi connectivity index (χ0) is 17.4. The van der Waals surface area contributed by atoms with Gasteiger partial charge in [0.05, 0.1) is 18.4 Å². The second-order valence-corrected chi connectivity index (χ2v) is 6.53. The molecule has 2 amide bonds. The van der Waals surface area contributed by atoms with E-state index >= 15 is 0 Å². The van der Waals surface area contributed by atoms with Crippen LogP contribution in [-0.4, -0.2) is 33.6 Å². The van der Waals surface area contributed by atoms with Gasteiger partial charge in [0.25, 0.3) is 0 Å². The van der Waals surface area contributed by atoms with Crippen molar-refractivity contribution in [1.82, 2.24) is 9.47 Å². The predicted octanol–water partition coefficient (Wildman–Crippen LogP) is 2.42. The van der Waals surface area contributed by atoms with Crippen molar-refractivity contribution in [2.75, 3.05) is 6.54 Å². The monoisotopic (exact) mass is 326 g/mol. The Balaban J connectivity index is 1.81. The van der Waals surface area contributed by atoms with Gasteiger partial charge in [-0.15, -0.1) is 6.58 Å². The van der Waals surface area contributed by atoms with Gasteiger partial charge in [-0.25, -0.2) is 0 Å². The molecule has 5 nitrogen and oxygen atoms in total. The molecule has 1 fully saturated rings. The molecule has 2 aliphatic rings. The summed E-state index contributed by atoms with van der Waals surface area (Å²) in [5, 5.41) is 0. The van der Waals surface area contributed by atoms with E-state index in [0.29, 0.717) is 24.9 Å². The number of likely N-dealkylation sites (tertiary alicyclic amines) is 1. The molecule has 0 bridgehead atoms. The molecule has 0 spiro atoms. The Bertz CT molecular complexity index is 731. The molecular formula is C19H22N2O3. The zero-order valence-electron chi connectivity index (χ0n) is 14.1. The normalized spacial score (nSPS) is 22.8. The Hall–Kier alpha value is -2.43. The summed E-state index contributed by atoms with van der Waals surface area (Å²) in [6.45, 7) is 8.00. The molecule has 1 aromatic heterocycles. The molecule has 3 rings (SSSR count). The Kier molecular flexibility index (Phi) is 4.26. The number of allylic oxidation sites excluding steroid dienone is 3. The fraction of sp³-hybridized carbons (Fsp3) is 0.421. The van der Waals surface area contributed by atoms with Crippen LogP contribution in [-0.2, 0) is 16.1 Å². The summed E-state index contributed by atoms with van der Waals surface area (Å²) in [6, 6.07) is 1.82. The summed E-state index contributed by atoms with van der Waals surface area (Å²) >= 11 is 0. The zero-order valence-corrected chi connectivity index (χ0v) is 14.1. The first-order valence-corrected chi connectivity index (χ1v) is 8.26. The SMILES string of the molecule is C=CCn1c(C)cc(C(=O)CN2C(=O)C3CC=CCC3C2=O)c1C. The number of aryl methyl sites for hydroxylation is 1. The number of amides is 2. The Morgan fingerprint density at radius 1 is 1.21 bits per heavy atom. The maximum Gasteiger partial charge on any atom is 0.233 e. The maximum absolute atomic E-state index is 12.7. The van der Waals surface area contributed by atoms with Crippen LogP contribution >= 0.6 is 0 Å². The third kappa shape index (κ3) is 2.54. The van der Waals surface area contributed by atoms with Crippen LogP contribution in [0.1, 0.15) is 34.6 Å². The predicted molar refractivity (Wildman–Crippen MR) is 90.5 cm³/mol. The molecular weight excluding hydrogens is 304 g/mol. The quantitative estimate of drug-likeness (QED) is 0.474. The van der Waals surface area contributed by atoms with Crippen molar-refractivity contribution in [1.29, 1.82) is 0 Å². The fourth-order valence-corrected chi connectivity index (χ4v) is 3.75. The number of fused-ring (bicyclic) bond motifs is 1. The molecule has 1 aliphatic carbocycles. The van der Waals surface area contributed by atoms with Gasteiger partial charge in [-0.3, -0.25) is 19.3 Å². The van der Waals surface area contributed by atoms with E-state index in [4.69, 9.17) is 0 Å². The molecule has 24 heavy (non-hydrogen) atoms. The van der Waals surface area contributed by atoms with Crippen LogP contribution in [0, 0.1) is 25.7 Å².